The standard InChI is InChI=1S/C7H11F3O3S/c1-2-5(6(11)12)14-4-3-13-7(8,9)10/h5H,2-4H2,1H3,(H,11,12). The quantitative estimate of drug-likeness (QED) is 0.712. The highest BCUT2D eigenvalue weighted by Crippen LogP contribution is 2.19. The first-order valence-electron chi connectivity index (χ1n) is 3.92. The number of thioether (sulfide) groups is 1. The molecule has 0 saturated carbocycles. The Morgan fingerprint density at radius 2 is 2.14 bits per heavy atom. The highest BCUT2D eigenvalue weighted by atomic mass is 32.2. The summed E-state index contributed by atoms with van der Waals surface area (Å²) in [5.41, 5.74) is 0. The maximum atomic E-state index is 11.5. The molecule has 0 aromatic carbocycles. The molecule has 7 heteroatoms. The highest BCUT2D eigenvalue weighted by Gasteiger charge is 2.28. The van der Waals surface area contributed by atoms with Gasteiger partial charge in [-0.25, -0.2) is 0 Å². The van der Waals surface area contributed by atoms with Gasteiger partial charge in [0.1, 0.15) is 5.25 Å². The monoisotopic (exact) mass is 232 g/mol. The third kappa shape index (κ3) is 7.02. The number of hydrogen-bond donors (Lipinski definition) is 1. The molecular weight excluding hydrogens is 221 g/mol. The van der Waals surface area contributed by atoms with E-state index < -0.39 is 24.2 Å². The topological polar surface area (TPSA) is 46.5 Å². The summed E-state index contributed by atoms with van der Waals surface area (Å²) >= 11 is 0.946. The van der Waals surface area contributed by atoms with Gasteiger partial charge in [0.05, 0.1) is 6.61 Å². The van der Waals surface area contributed by atoms with Crippen LogP contribution in [0.1, 0.15) is 13.3 Å². The number of alkyl halides is 3. The van der Waals surface area contributed by atoms with E-state index in [0.29, 0.717) is 6.42 Å². The van der Waals surface area contributed by atoms with Gasteiger partial charge in [-0.1, -0.05) is 6.92 Å². The van der Waals surface area contributed by atoms with E-state index in [-0.39, 0.29) is 5.75 Å². The van der Waals surface area contributed by atoms with Gasteiger partial charge in [-0.15, -0.1) is 24.9 Å². The summed E-state index contributed by atoms with van der Waals surface area (Å²) in [6.07, 6.45) is -4.25. The molecule has 0 fully saturated rings. The maximum Gasteiger partial charge on any atom is 0.522 e. The van der Waals surface area contributed by atoms with Crippen molar-refractivity contribution in [1.82, 2.24) is 0 Å². The van der Waals surface area contributed by atoms with Gasteiger partial charge < -0.3 is 5.11 Å². The number of ether oxygens (including phenoxy) is 1. The lowest BCUT2D eigenvalue weighted by Crippen LogP contribution is -2.19. The minimum absolute atomic E-state index is 0.0182. The number of aliphatic carboxylic acids is 1. The zero-order chi connectivity index (χ0) is 11.2. The van der Waals surface area contributed by atoms with Crippen LogP contribution in [0.15, 0.2) is 0 Å². The van der Waals surface area contributed by atoms with Crippen molar-refractivity contribution in [3.8, 4) is 0 Å². The molecule has 0 aliphatic carbocycles. The van der Waals surface area contributed by atoms with Crippen molar-refractivity contribution < 1.29 is 27.8 Å². The van der Waals surface area contributed by atoms with Crippen LogP contribution < -0.4 is 0 Å². The second kappa shape index (κ2) is 6.13. The Morgan fingerprint density at radius 3 is 2.50 bits per heavy atom. The van der Waals surface area contributed by atoms with Gasteiger partial charge in [0.15, 0.2) is 0 Å². The van der Waals surface area contributed by atoms with Gasteiger partial charge in [0.25, 0.3) is 0 Å². The Hall–Kier alpha value is -0.430. The number of carboxylic acids is 1. The fourth-order valence-corrected chi connectivity index (χ4v) is 1.55. The number of hydrogen-bond acceptors (Lipinski definition) is 3. The van der Waals surface area contributed by atoms with Crippen molar-refractivity contribution in [2.75, 3.05) is 12.4 Å². The van der Waals surface area contributed by atoms with Crippen molar-refractivity contribution in [1.29, 1.82) is 0 Å². The van der Waals surface area contributed by atoms with Crippen LogP contribution in [0.25, 0.3) is 0 Å². The van der Waals surface area contributed by atoms with Crippen LogP contribution in [0.5, 0.6) is 0 Å². The molecule has 14 heavy (non-hydrogen) atoms. The maximum absolute atomic E-state index is 11.5. The molecule has 0 aliphatic heterocycles. The Morgan fingerprint density at radius 1 is 1.57 bits per heavy atom. The van der Waals surface area contributed by atoms with Crippen LogP contribution in [0.3, 0.4) is 0 Å². The minimum atomic E-state index is -4.63. The molecule has 1 unspecified atom stereocenters. The Balaban J connectivity index is 3.58. The normalized spacial score (nSPS) is 14.0. The van der Waals surface area contributed by atoms with Gasteiger partial charge in [-0.05, 0) is 6.42 Å². The van der Waals surface area contributed by atoms with E-state index in [4.69, 9.17) is 5.11 Å². The number of rotatable bonds is 6. The van der Waals surface area contributed by atoms with Crippen LogP contribution in [-0.2, 0) is 9.53 Å². The predicted molar refractivity (Wildman–Crippen MR) is 46.2 cm³/mol. The Kier molecular flexibility index (Phi) is 5.94. The van der Waals surface area contributed by atoms with Crippen molar-refractivity contribution in [3.63, 3.8) is 0 Å². The number of carboxylic acid groups (broad SMARTS) is 1. The average Bonchev–Trinajstić information content (AvgIpc) is 2.01. The first-order valence-corrected chi connectivity index (χ1v) is 4.96. The Labute approximate surface area is 83.6 Å². The summed E-state index contributed by atoms with van der Waals surface area (Å²) < 4.78 is 37.9. The third-order valence-corrected chi connectivity index (χ3v) is 2.65. The van der Waals surface area contributed by atoms with E-state index in [9.17, 15) is 18.0 Å². The lowest BCUT2D eigenvalue weighted by Gasteiger charge is -2.10. The lowest BCUT2D eigenvalue weighted by atomic mass is 10.3. The highest BCUT2D eigenvalue weighted by molar-refractivity contribution is 8.00. The SMILES string of the molecule is CCC(SCCOC(F)(F)F)C(=O)O. The minimum Gasteiger partial charge on any atom is -0.480 e. The predicted octanol–water partition coefficient (Wildman–Crippen LogP) is 2.12. The molecular formula is C7H11F3O3S. The summed E-state index contributed by atoms with van der Waals surface area (Å²) in [6, 6.07) is 0. The summed E-state index contributed by atoms with van der Waals surface area (Å²) in [4.78, 5) is 10.4. The van der Waals surface area contributed by atoms with E-state index in [1.807, 2.05) is 0 Å². The first kappa shape index (κ1) is 13.6. The van der Waals surface area contributed by atoms with Crippen molar-refractivity contribution >= 4 is 17.7 Å². The van der Waals surface area contributed by atoms with Crippen LogP contribution >= 0.6 is 11.8 Å². The molecule has 0 saturated heterocycles. The molecule has 0 heterocycles. The summed E-state index contributed by atoms with van der Waals surface area (Å²) in [6.45, 7) is 1.15. The van der Waals surface area contributed by atoms with Crippen molar-refractivity contribution in [2.45, 2.75) is 25.0 Å². The zero-order valence-corrected chi connectivity index (χ0v) is 8.32. The van der Waals surface area contributed by atoms with Crippen LogP contribution in [0, 0.1) is 0 Å². The molecule has 3 nitrogen and oxygen atoms in total. The van der Waals surface area contributed by atoms with E-state index in [2.05, 4.69) is 4.74 Å². The van der Waals surface area contributed by atoms with E-state index >= 15 is 0 Å². The zero-order valence-electron chi connectivity index (χ0n) is 7.50. The van der Waals surface area contributed by atoms with E-state index in [1.54, 1.807) is 6.92 Å². The second-order valence-electron chi connectivity index (χ2n) is 2.40. The van der Waals surface area contributed by atoms with Crippen molar-refractivity contribution in [2.24, 2.45) is 0 Å². The molecule has 0 bridgehead atoms. The van der Waals surface area contributed by atoms with Crippen LogP contribution in [-0.4, -0.2) is 35.0 Å². The van der Waals surface area contributed by atoms with Crippen molar-refractivity contribution in [3.05, 3.63) is 0 Å². The molecule has 0 aliphatic rings. The molecule has 0 amide bonds. The largest absolute Gasteiger partial charge is 0.522 e. The van der Waals surface area contributed by atoms with Gasteiger partial charge in [-0.3, -0.25) is 9.53 Å². The Bertz CT molecular complexity index is 184. The molecule has 0 rings (SSSR count). The van der Waals surface area contributed by atoms with Gasteiger partial charge >= 0.3 is 12.3 Å². The summed E-state index contributed by atoms with van der Waals surface area (Å²) in [7, 11) is 0. The summed E-state index contributed by atoms with van der Waals surface area (Å²) in [5.74, 6) is -0.992. The van der Waals surface area contributed by atoms with E-state index in [0.717, 1.165) is 11.8 Å². The fraction of sp³-hybridized carbons (Fsp3) is 0.857. The second-order valence-corrected chi connectivity index (χ2v) is 3.71. The molecule has 0 aromatic heterocycles. The molecule has 1 atom stereocenters. The molecule has 0 radical (unpaired) electrons. The summed E-state index contributed by atoms with van der Waals surface area (Å²) in [5, 5.41) is 7.89. The van der Waals surface area contributed by atoms with E-state index in [1.165, 1.54) is 0 Å². The number of carbonyl (C=O) groups is 1. The van der Waals surface area contributed by atoms with Crippen LogP contribution in [0.2, 0.25) is 0 Å². The third-order valence-electron chi connectivity index (χ3n) is 1.31. The molecule has 0 spiro atoms. The lowest BCUT2D eigenvalue weighted by molar-refractivity contribution is -0.322. The van der Waals surface area contributed by atoms with Gasteiger partial charge in [-0.2, -0.15) is 0 Å². The molecule has 1 N–H and O–H groups in total. The first-order chi connectivity index (χ1) is 6.37. The smallest absolute Gasteiger partial charge is 0.480 e. The van der Waals surface area contributed by atoms with Crippen LogP contribution in [0.4, 0.5) is 13.2 Å². The average molecular weight is 232 g/mol. The number of halogens is 3. The fourth-order valence-electron chi connectivity index (χ4n) is 0.712. The van der Waals surface area contributed by atoms with Gasteiger partial charge in [0, 0.05) is 5.75 Å². The molecule has 0 aromatic rings. The molecule has 84 valence electrons. The van der Waals surface area contributed by atoms with Gasteiger partial charge in [0.2, 0.25) is 0 Å².